The van der Waals surface area contributed by atoms with Crippen molar-refractivity contribution in [2.75, 3.05) is 19.7 Å². The number of hydrogen-bond acceptors (Lipinski definition) is 2. The van der Waals surface area contributed by atoms with Crippen LogP contribution in [0.3, 0.4) is 0 Å². The second-order valence-corrected chi connectivity index (χ2v) is 8.58. The third-order valence-corrected chi connectivity index (χ3v) is 5.56. The fourth-order valence-corrected chi connectivity index (χ4v) is 3.63. The first-order valence-electron chi connectivity index (χ1n) is 8.45. The van der Waals surface area contributed by atoms with Crippen molar-refractivity contribution in [1.82, 2.24) is 4.90 Å². The zero-order valence-electron chi connectivity index (χ0n) is 14.4. The fraction of sp³-hybridized carbons (Fsp3) is 0.632. The molecule has 1 amide bonds. The van der Waals surface area contributed by atoms with Crippen molar-refractivity contribution in [2.24, 2.45) is 11.3 Å². The molecule has 1 aliphatic heterocycles. The van der Waals surface area contributed by atoms with Crippen molar-refractivity contribution in [2.45, 2.75) is 46.0 Å². The molecule has 2 rings (SSSR count). The standard InChI is InChI=1S/C19H28BrNO2/c1-19(2,3)16-6-9-18(23)21(11-10-16)12-15(13-22)14-4-7-17(20)8-5-14/h4-5,7-8,15-16,22H,6,9-13H2,1-3H3/t15-,16-/m1/s1. The number of carbonyl (C=O) groups is 1. The number of nitrogens with zero attached hydrogens (tertiary/aromatic N) is 1. The van der Waals surface area contributed by atoms with E-state index in [0.717, 1.165) is 29.4 Å². The quantitative estimate of drug-likeness (QED) is 0.848. The van der Waals surface area contributed by atoms with Crippen molar-refractivity contribution in [3.63, 3.8) is 0 Å². The van der Waals surface area contributed by atoms with Crippen LogP contribution in [0.15, 0.2) is 28.7 Å². The van der Waals surface area contributed by atoms with E-state index < -0.39 is 0 Å². The van der Waals surface area contributed by atoms with Gasteiger partial charge in [-0.1, -0.05) is 48.8 Å². The van der Waals surface area contributed by atoms with E-state index in [-0.39, 0.29) is 23.8 Å². The molecule has 0 bridgehead atoms. The average molecular weight is 382 g/mol. The van der Waals surface area contributed by atoms with Crippen LogP contribution in [-0.4, -0.2) is 35.6 Å². The Labute approximate surface area is 148 Å². The van der Waals surface area contributed by atoms with Crippen LogP contribution in [0.5, 0.6) is 0 Å². The molecule has 128 valence electrons. The maximum Gasteiger partial charge on any atom is 0.222 e. The highest BCUT2D eigenvalue weighted by atomic mass is 79.9. The Kier molecular flexibility index (Phi) is 6.26. The molecule has 0 spiro atoms. The Balaban J connectivity index is 2.05. The highest BCUT2D eigenvalue weighted by molar-refractivity contribution is 9.10. The normalized spacial score (nSPS) is 21.2. The van der Waals surface area contributed by atoms with E-state index >= 15 is 0 Å². The molecule has 0 saturated carbocycles. The summed E-state index contributed by atoms with van der Waals surface area (Å²) < 4.78 is 1.02. The van der Waals surface area contributed by atoms with Gasteiger partial charge in [0.2, 0.25) is 5.91 Å². The minimum atomic E-state index is -0.0155. The van der Waals surface area contributed by atoms with Crippen LogP contribution in [0.25, 0.3) is 0 Å². The molecule has 0 aliphatic carbocycles. The van der Waals surface area contributed by atoms with Gasteiger partial charge in [-0.15, -0.1) is 0 Å². The number of aliphatic hydroxyl groups excluding tert-OH is 1. The summed E-state index contributed by atoms with van der Waals surface area (Å²) in [6, 6.07) is 8.01. The zero-order valence-corrected chi connectivity index (χ0v) is 16.0. The van der Waals surface area contributed by atoms with Crippen LogP contribution in [-0.2, 0) is 4.79 Å². The third-order valence-electron chi connectivity index (χ3n) is 5.03. The van der Waals surface area contributed by atoms with Crippen LogP contribution in [0.1, 0.15) is 51.5 Å². The van der Waals surface area contributed by atoms with Gasteiger partial charge in [-0.2, -0.15) is 0 Å². The molecule has 1 N–H and O–H groups in total. The second kappa shape index (κ2) is 7.80. The largest absolute Gasteiger partial charge is 0.396 e. The smallest absolute Gasteiger partial charge is 0.222 e. The Bertz CT molecular complexity index is 521. The number of benzene rings is 1. The lowest BCUT2D eigenvalue weighted by atomic mass is 9.77. The minimum absolute atomic E-state index is 0.0155. The first-order valence-corrected chi connectivity index (χ1v) is 9.24. The summed E-state index contributed by atoms with van der Waals surface area (Å²) in [6.07, 6.45) is 2.65. The molecule has 4 heteroatoms. The maximum atomic E-state index is 12.5. The van der Waals surface area contributed by atoms with Gasteiger partial charge in [0.15, 0.2) is 0 Å². The zero-order chi connectivity index (χ0) is 17.0. The summed E-state index contributed by atoms with van der Waals surface area (Å²) in [4.78, 5) is 14.4. The molecule has 1 aromatic rings. The van der Waals surface area contributed by atoms with E-state index in [1.807, 2.05) is 29.2 Å². The Morgan fingerprint density at radius 1 is 1.26 bits per heavy atom. The van der Waals surface area contributed by atoms with Gasteiger partial charge in [0.25, 0.3) is 0 Å². The van der Waals surface area contributed by atoms with Gasteiger partial charge in [0, 0.05) is 29.9 Å². The number of hydrogen-bond donors (Lipinski definition) is 1. The summed E-state index contributed by atoms with van der Waals surface area (Å²) in [5, 5.41) is 9.77. The Hall–Kier alpha value is -0.870. The molecule has 1 aromatic carbocycles. The predicted octanol–water partition coefficient (Wildman–Crippen LogP) is 4.20. The number of halogens is 1. The van der Waals surface area contributed by atoms with Gasteiger partial charge in [-0.25, -0.2) is 0 Å². The number of rotatable bonds is 4. The van der Waals surface area contributed by atoms with Gasteiger partial charge < -0.3 is 10.0 Å². The van der Waals surface area contributed by atoms with Gasteiger partial charge in [0.05, 0.1) is 6.61 Å². The highest BCUT2D eigenvalue weighted by Crippen LogP contribution is 2.35. The Morgan fingerprint density at radius 3 is 2.48 bits per heavy atom. The average Bonchev–Trinajstić information content (AvgIpc) is 2.67. The molecule has 0 aromatic heterocycles. The van der Waals surface area contributed by atoms with Crippen LogP contribution in [0.2, 0.25) is 0 Å². The van der Waals surface area contributed by atoms with E-state index in [9.17, 15) is 9.90 Å². The first-order chi connectivity index (χ1) is 10.8. The van der Waals surface area contributed by atoms with Gasteiger partial charge in [0.1, 0.15) is 0 Å². The SMILES string of the molecule is CC(C)(C)[C@@H]1CCC(=O)N(C[C@H](CO)c2ccc(Br)cc2)CC1. The summed E-state index contributed by atoms with van der Waals surface area (Å²) in [6.45, 7) is 8.25. The van der Waals surface area contributed by atoms with E-state index in [4.69, 9.17) is 0 Å². The molecule has 1 fully saturated rings. The summed E-state index contributed by atoms with van der Waals surface area (Å²) >= 11 is 3.43. The molecule has 23 heavy (non-hydrogen) atoms. The number of likely N-dealkylation sites (tertiary alicyclic amines) is 1. The van der Waals surface area contributed by atoms with Gasteiger partial charge in [-0.3, -0.25) is 4.79 Å². The fourth-order valence-electron chi connectivity index (χ4n) is 3.37. The molecule has 0 unspecified atom stereocenters. The van der Waals surface area contributed by atoms with Crippen molar-refractivity contribution in [3.05, 3.63) is 34.3 Å². The molecule has 1 heterocycles. The van der Waals surface area contributed by atoms with E-state index in [1.54, 1.807) is 0 Å². The molecule has 1 saturated heterocycles. The van der Waals surface area contributed by atoms with Crippen LogP contribution in [0.4, 0.5) is 0 Å². The van der Waals surface area contributed by atoms with E-state index in [0.29, 0.717) is 18.9 Å². The van der Waals surface area contributed by atoms with Crippen LogP contribution >= 0.6 is 15.9 Å². The maximum absolute atomic E-state index is 12.5. The summed E-state index contributed by atoms with van der Waals surface area (Å²) in [5.41, 5.74) is 1.33. The molecular formula is C19H28BrNO2. The first kappa shape index (κ1) is 18.5. The minimum Gasteiger partial charge on any atom is -0.396 e. The molecule has 0 radical (unpaired) electrons. The number of aliphatic hydroxyl groups is 1. The number of carbonyl (C=O) groups excluding carboxylic acids is 1. The van der Waals surface area contributed by atoms with Crippen molar-refractivity contribution in [3.8, 4) is 0 Å². The monoisotopic (exact) mass is 381 g/mol. The third kappa shape index (κ3) is 5.05. The van der Waals surface area contributed by atoms with E-state index in [2.05, 4.69) is 36.7 Å². The Morgan fingerprint density at radius 2 is 1.91 bits per heavy atom. The lowest BCUT2D eigenvalue weighted by Crippen LogP contribution is -2.35. The van der Waals surface area contributed by atoms with Crippen molar-refractivity contribution >= 4 is 21.8 Å². The van der Waals surface area contributed by atoms with Gasteiger partial charge in [-0.05, 0) is 41.9 Å². The molecule has 2 atom stereocenters. The highest BCUT2D eigenvalue weighted by Gasteiger charge is 2.30. The molecular weight excluding hydrogens is 354 g/mol. The lowest BCUT2D eigenvalue weighted by molar-refractivity contribution is -0.131. The van der Waals surface area contributed by atoms with Crippen molar-refractivity contribution < 1.29 is 9.90 Å². The van der Waals surface area contributed by atoms with Crippen LogP contribution < -0.4 is 0 Å². The lowest BCUT2D eigenvalue weighted by Gasteiger charge is -2.30. The summed E-state index contributed by atoms with van der Waals surface area (Å²) in [5.74, 6) is 0.794. The predicted molar refractivity (Wildman–Crippen MR) is 97.3 cm³/mol. The molecule has 1 aliphatic rings. The van der Waals surface area contributed by atoms with E-state index in [1.165, 1.54) is 0 Å². The van der Waals surface area contributed by atoms with Crippen molar-refractivity contribution in [1.29, 1.82) is 0 Å². The molecule has 3 nitrogen and oxygen atoms in total. The van der Waals surface area contributed by atoms with Gasteiger partial charge >= 0.3 is 0 Å². The number of amides is 1. The van der Waals surface area contributed by atoms with Crippen LogP contribution in [0, 0.1) is 11.3 Å². The summed E-state index contributed by atoms with van der Waals surface area (Å²) in [7, 11) is 0. The topological polar surface area (TPSA) is 40.5 Å². The second-order valence-electron chi connectivity index (χ2n) is 7.66.